The lowest BCUT2D eigenvalue weighted by Crippen LogP contribution is -2.17. The number of anilines is 2. The number of aryl methyl sites for hydroxylation is 3. The van der Waals surface area contributed by atoms with Crippen molar-refractivity contribution in [3.8, 4) is 0 Å². The molecule has 142 valence electrons. The van der Waals surface area contributed by atoms with Gasteiger partial charge in [-0.2, -0.15) is 0 Å². The smallest absolute Gasteiger partial charge is 0.257 e. The van der Waals surface area contributed by atoms with Gasteiger partial charge in [0.2, 0.25) is 0 Å². The zero-order valence-electron chi connectivity index (χ0n) is 15.8. The fraction of sp³-hybridized carbons (Fsp3) is 0.136. The molecule has 2 aromatic carbocycles. The molecular weight excluding hydrogens is 374 g/mol. The van der Waals surface area contributed by atoms with Gasteiger partial charge in [-0.25, -0.2) is 0 Å². The third-order valence-corrected chi connectivity index (χ3v) is 4.65. The SMILES string of the molecule is Cc1cc(Cl)ccc1NC(=O)c1cncc(C(=O)Nc2c(C)cccc2C)c1. The molecule has 2 amide bonds. The molecule has 1 heterocycles. The van der Waals surface area contributed by atoms with Crippen LogP contribution in [-0.2, 0) is 0 Å². The quantitative estimate of drug-likeness (QED) is 0.642. The molecule has 1 aromatic heterocycles. The Balaban J connectivity index is 1.79. The minimum absolute atomic E-state index is 0.295. The van der Waals surface area contributed by atoms with Gasteiger partial charge >= 0.3 is 0 Å². The summed E-state index contributed by atoms with van der Waals surface area (Å²) in [5.41, 5.74) is 4.80. The first-order valence-electron chi connectivity index (χ1n) is 8.75. The molecule has 3 rings (SSSR count). The summed E-state index contributed by atoms with van der Waals surface area (Å²) in [6.45, 7) is 5.71. The molecule has 0 saturated carbocycles. The maximum absolute atomic E-state index is 12.6. The molecule has 3 aromatic rings. The molecule has 5 nitrogen and oxygen atoms in total. The molecular formula is C22H20ClN3O2. The molecule has 28 heavy (non-hydrogen) atoms. The van der Waals surface area contributed by atoms with Gasteiger partial charge in [-0.3, -0.25) is 14.6 Å². The van der Waals surface area contributed by atoms with Crippen molar-refractivity contribution in [3.05, 3.63) is 87.7 Å². The number of carbonyl (C=O) groups is 2. The number of hydrogen-bond donors (Lipinski definition) is 2. The molecule has 0 spiro atoms. The third kappa shape index (κ3) is 4.38. The van der Waals surface area contributed by atoms with Gasteiger partial charge in [0.15, 0.2) is 0 Å². The van der Waals surface area contributed by atoms with E-state index in [4.69, 9.17) is 11.6 Å². The predicted octanol–water partition coefficient (Wildman–Crippen LogP) is 5.16. The lowest BCUT2D eigenvalue weighted by Gasteiger charge is -2.12. The van der Waals surface area contributed by atoms with Crippen LogP contribution in [0.1, 0.15) is 37.4 Å². The van der Waals surface area contributed by atoms with Gasteiger partial charge in [0.1, 0.15) is 0 Å². The number of carbonyl (C=O) groups excluding carboxylic acids is 2. The zero-order chi connectivity index (χ0) is 20.3. The normalized spacial score (nSPS) is 10.4. The monoisotopic (exact) mass is 393 g/mol. The van der Waals surface area contributed by atoms with Crippen LogP contribution in [0.5, 0.6) is 0 Å². The molecule has 0 unspecified atom stereocenters. The van der Waals surface area contributed by atoms with E-state index in [0.717, 1.165) is 22.4 Å². The van der Waals surface area contributed by atoms with E-state index in [-0.39, 0.29) is 11.8 Å². The number of pyridine rings is 1. The summed E-state index contributed by atoms with van der Waals surface area (Å²) < 4.78 is 0. The molecule has 0 bridgehead atoms. The highest BCUT2D eigenvalue weighted by Crippen LogP contribution is 2.22. The summed E-state index contributed by atoms with van der Waals surface area (Å²) in [6.07, 6.45) is 2.86. The number of rotatable bonds is 4. The summed E-state index contributed by atoms with van der Waals surface area (Å²) in [6, 6.07) is 12.5. The van der Waals surface area contributed by atoms with Crippen molar-refractivity contribution in [2.24, 2.45) is 0 Å². The molecule has 0 saturated heterocycles. The van der Waals surface area contributed by atoms with Crippen LogP contribution in [0.15, 0.2) is 54.9 Å². The maximum atomic E-state index is 12.6. The number of para-hydroxylation sites is 1. The first-order chi connectivity index (χ1) is 13.3. The van der Waals surface area contributed by atoms with Crippen LogP contribution < -0.4 is 10.6 Å². The topological polar surface area (TPSA) is 71.1 Å². The Labute approximate surface area is 168 Å². The third-order valence-electron chi connectivity index (χ3n) is 4.42. The van der Waals surface area contributed by atoms with Crippen LogP contribution in [0.3, 0.4) is 0 Å². The van der Waals surface area contributed by atoms with E-state index in [1.54, 1.807) is 18.2 Å². The van der Waals surface area contributed by atoms with Gasteiger partial charge in [-0.05, 0) is 61.7 Å². The Kier molecular flexibility index (Phi) is 5.76. The van der Waals surface area contributed by atoms with E-state index < -0.39 is 0 Å². The summed E-state index contributed by atoms with van der Waals surface area (Å²) in [5, 5.41) is 6.32. The van der Waals surface area contributed by atoms with Gasteiger partial charge in [0.25, 0.3) is 11.8 Å². The van der Waals surface area contributed by atoms with E-state index in [9.17, 15) is 9.59 Å². The van der Waals surface area contributed by atoms with Crippen molar-refractivity contribution in [1.29, 1.82) is 0 Å². The predicted molar refractivity (Wildman–Crippen MR) is 112 cm³/mol. The van der Waals surface area contributed by atoms with Crippen LogP contribution in [0.25, 0.3) is 0 Å². The van der Waals surface area contributed by atoms with Crippen LogP contribution in [0, 0.1) is 20.8 Å². The molecule has 0 aliphatic carbocycles. The number of nitrogens with one attached hydrogen (secondary N) is 2. The first kappa shape index (κ1) is 19.6. The Morgan fingerprint density at radius 1 is 0.821 bits per heavy atom. The molecule has 0 radical (unpaired) electrons. The largest absolute Gasteiger partial charge is 0.322 e. The Bertz CT molecular complexity index is 1040. The Morgan fingerprint density at radius 3 is 2.04 bits per heavy atom. The van der Waals surface area contributed by atoms with Crippen LogP contribution in [0.2, 0.25) is 5.02 Å². The second-order valence-corrected chi connectivity index (χ2v) is 7.03. The number of aromatic nitrogens is 1. The highest BCUT2D eigenvalue weighted by molar-refractivity contribution is 6.30. The molecule has 0 atom stereocenters. The molecule has 6 heteroatoms. The number of hydrogen-bond acceptors (Lipinski definition) is 3. The molecule has 2 N–H and O–H groups in total. The average Bonchev–Trinajstić information content (AvgIpc) is 2.67. The van der Waals surface area contributed by atoms with Gasteiger partial charge < -0.3 is 10.6 Å². The van der Waals surface area contributed by atoms with Crippen molar-refractivity contribution in [2.45, 2.75) is 20.8 Å². The summed E-state index contributed by atoms with van der Waals surface area (Å²) in [5.74, 6) is -0.665. The van der Waals surface area contributed by atoms with Crippen LogP contribution in [0.4, 0.5) is 11.4 Å². The van der Waals surface area contributed by atoms with Gasteiger partial charge in [0, 0.05) is 28.8 Å². The zero-order valence-corrected chi connectivity index (χ0v) is 16.6. The second kappa shape index (κ2) is 8.23. The molecule has 0 aliphatic heterocycles. The summed E-state index contributed by atoms with van der Waals surface area (Å²) in [4.78, 5) is 29.3. The fourth-order valence-electron chi connectivity index (χ4n) is 2.85. The van der Waals surface area contributed by atoms with E-state index in [1.165, 1.54) is 18.5 Å². The summed E-state index contributed by atoms with van der Waals surface area (Å²) in [7, 11) is 0. The number of benzene rings is 2. The minimum Gasteiger partial charge on any atom is -0.322 e. The second-order valence-electron chi connectivity index (χ2n) is 6.60. The fourth-order valence-corrected chi connectivity index (χ4v) is 3.07. The Hall–Kier alpha value is -3.18. The first-order valence-corrected chi connectivity index (χ1v) is 9.13. The van der Waals surface area contributed by atoms with Crippen LogP contribution in [-0.4, -0.2) is 16.8 Å². The molecule has 0 aliphatic rings. The standard InChI is InChI=1S/C22H20ClN3O2/c1-13-5-4-6-14(2)20(13)26-22(28)17-10-16(11-24-12-17)21(27)25-19-8-7-18(23)9-15(19)3/h4-12H,1-3H3,(H,25,27)(H,26,28). The van der Waals surface area contributed by atoms with Crippen molar-refractivity contribution in [1.82, 2.24) is 4.98 Å². The van der Waals surface area contributed by atoms with Crippen LogP contribution >= 0.6 is 11.6 Å². The van der Waals surface area contributed by atoms with Gasteiger partial charge in [0.05, 0.1) is 11.1 Å². The average molecular weight is 394 g/mol. The molecule has 0 fully saturated rings. The highest BCUT2D eigenvalue weighted by Gasteiger charge is 2.14. The van der Waals surface area contributed by atoms with Crippen molar-refractivity contribution in [3.63, 3.8) is 0 Å². The van der Waals surface area contributed by atoms with Gasteiger partial charge in [-0.15, -0.1) is 0 Å². The highest BCUT2D eigenvalue weighted by atomic mass is 35.5. The summed E-state index contributed by atoms with van der Waals surface area (Å²) >= 11 is 5.95. The number of nitrogens with zero attached hydrogens (tertiary/aromatic N) is 1. The van der Waals surface area contributed by atoms with E-state index in [1.807, 2.05) is 39.0 Å². The van der Waals surface area contributed by atoms with E-state index in [0.29, 0.717) is 21.8 Å². The minimum atomic E-state index is -0.348. The number of halogens is 1. The van der Waals surface area contributed by atoms with Crippen molar-refractivity contribution in [2.75, 3.05) is 10.6 Å². The van der Waals surface area contributed by atoms with Gasteiger partial charge in [-0.1, -0.05) is 29.8 Å². The van der Waals surface area contributed by atoms with E-state index in [2.05, 4.69) is 15.6 Å². The lowest BCUT2D eigenvalue weighted by molar-refractivity contribution is 0.102. The van der Waals surface area contributed by atoms with Crippen molar-refractivity contribution >= 4 is 34.8 Å². The van der Waals surface area contributed by atoms with Crippen molar-refractivity contribution < 1.29 is 9.59 Å². The lowest BCUT2D eigenvalue weighted by atomic mass is 10.1. The maximum Gasteiger partial charge on any atom is 0.257 e. The Morgan fingerprint density at radius 2 is 1.43 bits per heavy atom. The number of amides is 2. The van der Waals surface area contributed by atoms with E-state index >= 15 is 0 Å².